The molecule has 41 heavy (non-hydrogen) atoms. The van der Waals surface area contributed by atoms with E-state index < -0.39 is 17.1 Å². The van der Waals surface area contributed by atoms with E-state index in [1.54, 1.807) is 24.3 Å². The molecule has 2 N–H and O–H groups in total. The summed E-state index contributed by atoms with van der Waals surface area (Å²) in [5.41, 5.74) is 3.75. The van der Waals surface area contributed by atoms with E-state index in [1.807, 2.05) is 56.3 Å². The van der Waals surface area contributed by atoms with Gasteiger partial charge in [0.05, 0.1) is 16.6 Å². The Labute approximate surface area is 252 Å². The van der Waals surface area contributed by atoms with E-state index in [4.69, 9.17) is 4.74 Å². The number of H-pyrrole nitrogens is 1. The highest BCUT2D eigenvalue weighted by molar-refractivity contribution is 9.10. The molecule has 0 radical (unpaired) electrons. The molecule has 6 rings (SSSR count). The Bertz CT molecular complexity index is 1750. The molecule has 3 atom stereocenters. The third-order valence-electron chi connectivity index (χ3n) is 7.20. The van der Waals surface area contributed by atoms with Crippen LogP contribution in [-0.4, -0.2) is 34.6 Å². The minimum atomic E-state index is -0.773. The number of thioether (sulfide) groups is 1. The molecule has 0 aliphatic carbocycles. The summed E-state index contributed by atoms with van der Waals surface area (Å²) >= 11 is 5.77. The van der Waals surface area contributed by atoms with Crippen LogP contribution in [0.25, 0.3) is 0 Å². The first-order chi connectivity index (χ1) is 19.7. The summed E-state index contributed by atoms with van der Waals surface area (Å²) in [4.78, 5) is 57.5. The molecule has 4 aromatic rings. The van der Waals surface area contributed by atoms with E-state index >= 15 is 0 Å². The van der Waals surface area contributed by atoms with Crippen molar-refractivity contribution in [2.24, 2.45) is 5.92 Å². The van der Waals surface area contributed by atoms with Crippen LogP contribution in [0.4, 0.5) is 11.4 Å². The number of hydrogen-bond acceptors (Lipinski definition) is 7. The normalized spacial score (nSPS) is 19.6. The van der Waals surface area contributed by atoms with Gasteiger partial charge in [-0.05, 0) is 55.8 Å². The smallest absolute Gasteiger partial charge is 0.305 e. The van der Waals surface area contributed by atoms with Gasteiger partial charge in [-0.1, -0.05) is 74.9 Å². The zero-order valence-corrected chi connectivity index (χ0v) is 25.2. The van der Waals surface area contributed by atoms with E-state index in [2.05, 4.69) is 26.2 Å². The number of nitrogens with zero attached hydrogens (tertiary/aromatic N) is 1. The Kier molecular flexibility index (Phi) is 7.35. The highest BCUT2D eigenvalue weighted by Gasteiger charge is 2.56. The summed E-state index contributed by atoms with van der Waals surface area (Å²) in [7, 11) is 0. The van der Waals surface area contributed by atoms with Crippen molar-refractivity contribution in [3.8, 4) is 5.75 Å². The number of fused-ring (bicyclic) bond motifs is 2. The minimum Gasteiger partial charge on any atom is -0.483 e. The monoisotopic (exact) mass is 649 g/mol. The third kappa shape index (κ3) is 5.13. The van der Waals surface area contributed by atoms with Crippen LogP contribution in [0.2, 0.25) is 0 Å². The van der Waals surface area contributed by atoms with Crippen molar-refractivity contribution >= 4 is 68.1 Å². The highest BCUT2D eigenvalue weighted by atomic mass is 79.9. The van der Waals surface area contributed by atoms with Gasteiger partial charge in [0, 0.05) is 26.5 Å². The number of aromatic nitrogens is 1. The molecule has 1 fully saturated rings. The fourth-order valence-electron chi connectivity index (χ4n) is 5.24. The van der Waals surface area contributed by atoms with Crippen LogP contribution in [-0.2, 0) is 14.4 Å². The van der Waals surface area contributed by atoms with Crippen LogP contribution in [0, 0.1) is 19.8 Å². The van der Waals surface area contributed by atoms with Gasteiger partial charge in [0.2, 0.25) is 11.8 Å². The molecule has 0 spiro atoms. The topological polar surface area (TPSA) is 109 Å². The predicted octanol–water partition coefficient (Wildman–Crippen LogP) is 5.63. The van der Waals surface area contributed by atoms with Gasteiger partial charge in [-0.15, -0.1) is 0 Å². The van der Waals surface area contributed by atoms with E-state index in [9.17, 15) is 19.2 Å². The van der Waals surface area contributed by atoms with Gasteiger partial charge >= 0.3 is 4.87 Å². The van der Waals surface area contributed by atoms with Gasteiger partial charge in [0.1, 0.15) is 11.0 Å². The lowest BCUT2D eigenvalue weighted by atomic mass is 9.82. The second-order valence-electron chi connectivity index (χ2n) is 9.93. The molecular formula is C30H24BrN3O5S2. The number of aryl methyl sites for hydroxylation is 2. The van der Waals surface area contributed by atoms with Gasteiger partial charge < -0.3 is 15.0 Å². The van der Waals surface area contributed by atoms with Gasteiger partial charge in [-0.25, -0.2) is 4.90 Å². The van der Waals surface area contributed by atoms with Gasteiger partial charge in [0.15, 0.2) is 6.61 Å². The second-order valence-corrected chi connectivity index (χ2v) is 13.0. The minimum absolute atomic E-state index is 0.266. The zero-order valence-electron chi connectivity index (χ0n) is 22.0. The summed E-state index contributed by atoms with van der Waals surface area (Å²) in [5.74, 6) is -2.02. The molecule has 3 unspecified atom stereocenters. The van der Waals surface area contributed by atoms with Gasteiger partial charge in [-0.2, -0.15) is 0 Å². The van der Waals surface area contributed by atoms with E-state index in [0.717, 1.165) is 26.9 Å². The lowest BCUT2D eigenvalue weighted by Gasteiger charge is -2.31. The number of anilines is 2. The number of nitrogens with one attached hydrogen (secondary N) is 2. The van der Waals surface area contributed by atoms with Crippen molar-refractivity contribution in [3.63, 3.8) is 0 Å². The molecule has 3 amide bonds. The van der Waals surface area contributed by atoms with Crippen LogP contribution in [0.3, 0.4) is 0 Å². The van der Waals surface area contributed by atoms with Crippen molar-refractivity contribution in [1.82, 2.24) is 4.98 Å². The molecule has 208 valence electrons. The third-order valence-corrected chi connectivity index (χ3v) is 10.1. The van der Waals surface area contributed by atoms with Crippen LogP contribution in [0.1, 0.15) is 27.5 Å². The standard InChI is InChI=1S/C30H24BrN3O5S2/c1-15-7-10-18(11-8-15)34-28(36)24-23(25-27(33-30(38)41-25)40-26(24)29(34)37)19-13-17(31)9-12-21(19)39-14-22(35)32-20-6-4-3-5-16(20)2/h3-13,23-24,26H,14H2,1-2H3,(H,32,35)(H,33,38). The summed E-state index contributed by atoms with van der Waals surface area (Å²) < 4.78 is 6.78. The molecule has 2 aliphatic heterocycles. The Hall–Kier alpha value is -3.67. The largest absolute Gasteiger partial charge is 0.483 e. The second kappa shape index (κ2) is 11.0. The molecule has 0 saturated carbocycles. The Morgan fingerprint density at radius 3 is 2.54 bits per heavy atom. The average Bonchev–Trinajstić information content (AvgIpc) is 3.44. The number of carbonyl (C=O) groups excluding carboxylic acids is 3. The number of carbonyl (C=O) groups is 3. The van der Waals surface area contributed by atoms with Crippen molar-refractivity contribution in [2.45, 2.75) is 30.0 Å². The first-order valence-corrected chi connectivity index (χ1v) is 15.3. The lowest BCUT2D eigenvalue weighted by Crippen LogP contribution is -2.32. The highest BCUT2D eigenvalue weighted by Crippen LogP contribution is 2.54. The number of benzene rings is 3. The van der Waals surface area contributed by atoms with Crippen LogP contribution in [0.5, 0.6) is 5.75 Å². The Morgan fingerprint density at radius 1 is 1.02 bits per heavy atom. The number of para-hydroxylation sites is 1. The van der Waals surface area contributed by atoms with E-state index in [1.165, 1.54) is 16.7 Å². The van der Waals surface area contributed by atoms with Crippen molar-refractivity contribution in [1.29, 1.82) is 0 Å². The first kappa shape index (κ1) is 27.5. The molecule has 3 aromatic carbocycles. The maximum Gasteiger partial charge on any atom is 0.305 e. The molecular weight excluding hydrogens is 626 g/mol. The summed E-state index contributed by atoms with van der Waals surface area (Å²) in [5, 5.41) is 2.70. The van der Waals surface area contributed by atoms with Gasteiger partial charge in [-0.3, -0.25) is 19.2 Å². The zero-order chi connectivity index (χ0) is 28.8. The lowest BCUT2D eigenvalue weighted by molar-refractivity contribution is -0.122. The number of halogens is 1. The number of ether oxygens (including phenoxy) is 1. The van der Waals surface area contributed by atoms with E-state index in [-0.39, 0.29) is 29.2 Å². The summed E-state index contributed by atoms with van der Waals surface area (Å²) in [6.07, 6.45) is 0. The quantitative estimate of drug-likeness (QED) is 0.262. The number of imide groups is 1. The maximum absolute atomic E-state index is 14.0. The molecule has 11 heteroatoms. The molecule has 3 heterocycles. The van der Waals surface area contributed by atoms with Crippen LogP contribution in [0.15, 0.2) is 81.0 Å². The summed E-state index contributed by atoms with van der Waals surface area (Å²) in [6, 6.07) is 20.0. The average molecular weight is 651 g/mol. The van der Waals surface area contributed by atoms with E-state index in [0.29, 0.717) is 32.6 Å². The molecule has 1 aromatic heterocycles. The molecule has 1 saturated heterocycles. The fourth-order valence-corrected chi connectivity index (χ4v) is 8.12. The molecule has 2 aliphatic rings. The van der Waals surface area contributed by atoms with Crippen molar-refractivity contribution < 1.29 is 19.1 Å². The van der Waals surface area contributed by atoms with Crippen molar-refractivity contribution in [2.75, 3.05) is 16.8 Å². The van der Waals surface area contributed by atoms with Crippen LogP contribution >= 0.6 is 39.0 Å². The predicted molar refractivity (Wildman–Crippen MR) is 163 cm³/mol. The summed E-state index contributed by atoms with van der Waals surface area (Å²) in [6.45, 7) is 3.57. The Morgan fingerprint density at radius 2 is 1.78 bits per heavy atom. The number of aromatic amines is 1. The first-order valence-electron chi connectivity index (χ1n) is 12.8. The number of amides is 3. The van der Waals surface area contributed by atoms with Gasteiger partial charge in [0.25, 0.3) is 5.91 Å². The van der Waals surface area contributed by atoms with Crippen LogP contribution < -0.4 is 19.8 Å². The Balaban J connectivity index is 1.37. The van der Waals surface area contributed by atoms with Crippen molar-refractivity contribution in [3.05, 3.63) is 102 Å². The number of hydrogen-bond donors (Lipinski definition) is 2. The molecule has 0 bridgehead atoms. The maximum atomic E-state index is 14.0. The SMILES string of the molecule is Cc1ccc(N2C(=O)C3Sc4[nH]c(=O)sc4C(c4cc(Br)ccc4OCC(=O)Nc4ccccc4C)C3C2=O)cc1. The number of rotatable bonds is 6. The fraction of sp³-hybridized carbons (Fsp3) is 0.200. The molecule has 8 nitrogen and oxygen atoms in total. The number of thiazole rings is 1.